The van der Waals surface area contributed by atoms with E-state index in [-0.39, 0.29) is 5.91 Å². The molecule has 0 bridgehead atoms. The Morgan fingerprint density at radius 1 is 0.848 bits per heavy atom. The SMILES string of the molecule is Cc1ccc(CN2C(=O)CCc3c(C)nc(C4CCN(Cc5ccccc5)CC4)nc32)cc1. The summed E-state index contributed by atoms with van der Waals surface area (Å²) in [5.41, 5.74) is 5.88. The number of aromatic nitrogens is 2. The number of hydrogen-bond donors (Lipinski definition) is 0. The minimum absolute atomic E-state index is 0.157. The van der Waals surface area contributed by atoms with E-state index < -0.39 is 0 Å². The Labute approximate surface area is 196 Å². The number of likely N-dealkylation sites (tertiary alicyclic amines) is 1. The molecular formula is C28H32N4O. The summed E-state index contributed by atoms with van der Waals surface area (Å²) in [7, 11) is 0. The number of hydrogen-bond acceptors (Lipinski definition) is 4. The van der Waals surface area contributed by atoms with Crippen LogP contribution in [-0.4, -0.2) is 33.9 Å². The van der Waals surface area contributed by atoms with Gasteiger partial charge >= 0.3 is 0 Å². The molecular weight excluding hydrogens is 408 g/mol. The molecule has 1 amide bonds. The lowest BCUT2D eigenvalue weighted by atomic mass is 9.94. The number of benzene rings is 2. The van der Waals surface area contributed by atoms with Crippen molar-refractivity contribution in [3.63, 3.8) is 0 Å². The van der Waals surface area contributed by atoms with Crippen molar-refractivity contribution in [2.45, 2.75) is 58.5 Å². The monoisotopic (exact) mass is 440 g/mol. The van der Waals surface area contributed by atoms with Crippen LogP contribution in [0.5, 0.6) is 0 Å². The predicted molar refractivity (Wildman–Crippen MR) is 131 cm³/mol. The van der Waals surface area contributed by atoms with Gasteiger partial charge in [0.05, 0.1) is 6.54 Å². The summed E-state index contributed by atoms with van der Waals surface area (Å²) in [6.45, 7) is 7.82. The van der Waals surface area contributed by atoms with Gasteiger partial charge in [-0.1, -0.05) is 60.2 Å². The molecule has 2 aromatic carbocycles. The third kappa shape index (κ3) is 4.83. The Balaban J connectivity index is 1.34. The highest BCUT2D eigenvalue weighted by Gasteiger charge is 2.30. The average molecular weight is 441 g/mol. The molecule has 1 saturated heterocycles. The van der Waals surface area contributed by atoms with Crippen molar-refractivity contribution in [2.24, 2.45) is 0 Å². The number of rotatable bonds is 5. The van der Waals surface area contributed by atoms with Gasteiger partial charge in [0, 0.05) is 30.1 Å². The molecule has 33 heavy (non-hydrogen) atoms. The number of piperidine rings is 1. The van der Waals surface area contributed by atoms with E-state index in [1.54, 1.807) is 0 Å². The van der Waals surface area contributed by atoms with Gasteiger partial charge in [0.2, 0.25) is 5.91 Å². The van der Waals surface area contributed by atoms with Crippen molar-refractivity contribution in [1.82, 2.24) is 14.9 Å². The quantitative estimate of drug-likeness (QED) is 0.563. The van der Waals surface area contributed by atoms with Crippen molar-refractivity contribution >= 4 is 11.7 Å². The minimum atomic E-state index is 0.157. The molecule has 5 heteroatoms. The summed E-state index contributed by atoms with van der Waals surface area (Å²) in [6, 6.07) is 19.1. The fourth-order valence-electron chi connectivity index (χ4n) is 5.02. The van der Waals surface area contributed by atoms with Crippen molar-refractivity contribution in [2.75, 3.05) is 18.0 Å². The molecule has 5 rings (SSSR count). The number of amides is 1. The molecule has 0 spiro atoms. The van der Waals surface area contributed by atoms with Crippen molar-refractivity contribution in [3.8, 4) is 0 Å². The molecule has 5 nitrogen and oxygen atoms in total. The van der Waals surface area contributed by atoms with Crippen LogP contribution in [0.1, 0.15) is 59.0 Å². The molecule has 2 aliphatic rings. The summed E-state index contributed by atoms with van der Waals surface area (Å²) in [5.74, 6) is 2.25. The second kappa shape index (κ2) is 9.44. The molecule has 2 aliphatic heterocycles. The zero-order valence-electron chi connectivity index (χ0n) is 19.6. The lowest BCUT2D eigenvalue weighted by Crippen LogP contribution is -2.37. The second-order valence-electron chi connectivity index (χ2n) is 9.47. The standard InChI is InChI=1S/C28H32N4O/c1-20-8-10-23(11-9-20)19-32-26(33)13-12-25-21(2)29-27(30-28(25)32)24-14-16-31(17-15-24)18-22-6-4-3-5-7-22/h3-11,24H,12-19H2,1-2H3. The average Bonchev–Trinajstić information content (AvgIpc) is 2.83. The first-order chi connectivity index (χ1) is 16.1. The van der Waals surface area contributed by atoms with Gasteiger partial charge in [-0.15, -0.1) is 0 Å². The Kier molecular flexibility index (Phi) is 6.23. The number of nitrogens with zero attached hydrogens (tertiary/aromatic N) is 4. The Bertz CT molecular complexity index is 1120. The van der Waals surface area contributed by atoms with Gasteiger partial charge in [-0.25, -0.2) is 9.97 Å². The van der Waals surface area contributed by atoms with Gasteiger partial charge in [0.1, 0.15) is 11.6 Å². The molecule has 0 radical (unpaired) electrons. The van der Waals surface area contributed by atoms with E-state index in [1.165, 1.54) is 11.1 Å². The number of carbonyl (C=O) groups excluding carboxylic acids is 1. The summed E-state index contributed by atoms with van der Waals surface area (Å²) < 4.78 is 0. The first-order valence-electron chi connectivity index (χ1n) is 12.1. The zero-order valence-corrected chi connectivity index (χ0v) is 19.6. The fraction of sp³-hybridized carbons (Fsp3) is 0.393. The van der Waals surface area contributed by atoms with Crippen molar-refractivity contribution < 1.29 is 4.79 Å². The lowest BCUT2D eigenvalue weighted by molar-refractivity contribution is -0.119. The van der Waals surface area contributed by atoms with Crippen LogP contribution in [0.15, 0.2) is 54.6 Å². The first kappa shape index (κ1) is 21.8. The van der Waals surface area contributed by atoms with E-state index in [9.17, 15) is 4.79 Å². The highest BCUT2D eigenvalue weighted by molar-refractivity contribution is 5.95. The highest BCUT2D eigenvalue weighted by Crippen LogP contribution is 2.33. The van der Waals surface area contributed by atoms with Crippen LogP contribution < -0.4 is 4.90 Å². The van der Waals surface area contributed by atoms with Crippen LogP contribution in [0.3, 0.4) is 0 Å². The summed E-state index contributed by atoms with van der Waals surface area (Å²) in [4.78, 5) is 27.3. The molecule has 0 saturated carbocycles. The second-order valence-corrected chi connectivity index (χ2v) is 9.47. The van der Waals surface area contributed by atoms with Crippen molar-refractivity contribution in [3.05, 3.63) is 88.4 Å². The van der Waals surface area contributed by atoms with E-state index in [1.807, 2.05) is 4.90 Å². The molecule has 170 valence electrons. The normalized spacial score (nSPS) is 17.3. The zero-order chi connectivity index (χ0) is 22.8. The predicted octanol–water partition coefficient (Wildman–Crippen LogP) is 4.95. The van der Waals surface area contributed by atoms with Gasteiger partial charge in [-0.2, -0.15) is 0 Å². The maximum atomic E-state index is 12.9. The van der Waals surface area contributed by atoms with Gasteiger partial charge in [-0.3, -0.25) is 14.6 Å². The van der Waals surface area contributed by atoms with Gasteiger partial charge in [-0.05, 0) is 57.3 Å². The maximum absolute atomic E-state index is 12.9. The van der Waals surface area contributed by atoms with Crippen LogP contribution in [0.2, 0.25) is 0 Å². The number of aryl methyl sites for hydroxylation is 2. The smallest absolute Gasteiger partial charge is 0.228 e. The molecule has 3 aromatic rings. The molecule has 0 N–H and O–H groups in total. The van der Waals surface area contributed by atoms with Crippen LogP contribution in [0, 0.1) is 13.8 Å². The third-order valence-electron chi connectivity index (χ3n) is 7.02. The molecule has 3 heterocycles. The van der Waals surface area contributed by atoms with Crippen LogP contribution in [-0.2, 0) is 24.3 Å². The maximum Gasteiger partial charge on any atom is 0.228 e. The van der Waals surface area contributed by atoms with E-state index in [2.05, 4.69) is 73.3 Å². The van der Waals surface area contributed by atoms with Crippen molar-refractivity contribution in [1.29, 1.82) is 0 Å². The van der Waals surface area contributed by atoms with Crippen LogP contribution in [0.4, 0.5) is 5.82 Å². The fourth-order valence-corrected chi connectivity index (χ4v) is 5.02. The Morgan fingerprint density at radius 2 is 1.55 bits per heavy atom. The van der Waals surface area contributed by atoms with E-state index in [0.29, 0.717) is 18.9 Å². The number of fused-ring (bicyclic) bond motifs is 1. The minimum Gasteiger partial charge on any atom is -0.299 e. The first-order valence-corrected chi connectivity index (χ1v) is 12.1. The summed E-state index contributed by atoms with van der Waals surface area (Å²) >= 11 is 0. The molecule has 1 fully saturated rings. The van der Waals surface area contributed by atoms with Gasteiger partial charge < -0.3 is 0 Å². The largest absolute Gasteiger partial charge is 0.299 e. The Morgan fingerprint density at radius 3 is 2.27 bits per heavy atom. The highest BCUT2D eigenvalue weighted by atomic mass is 16.2. The van der Waals surface area contributed by atoms with Gasteiger partial charge in [0.25, 0.3) is 0 Å². The number of carbonyl (C=O) groups is 1. The molecule has 0 atom stereocenters. The number of anilines is 1. The summed E-state index contributed by atoms with van der Waals surface area (Å²) in [5, 5.41) is 0. The lowest BCUT2D eigenvalue weighted by Gasteiger charge is -2.33. The topological polar surface area (TPSA) is 49.3 Å². The molecule has 0 aliphatic carbocycles. The van der Waals surface area contributed by atoms with Crippen LogP contribution >= 0.6 is 0 Å². The molecule has 1 aromatic heterocycles. The van der Waals surface area contributed by atoms with E-state index >= 15 is 0 Å². The molecule has 0 unspecified atom stereocenters. The third-order valence-corrected chi connectivity index (χ3v) is 7.02. The summed E-state index contributed by atoms with van der Waals surface area (Å²) in [6.07, 6.45) is 3.37. The van der Waals surface area contributed by atoms with Gasteiger partial charge in [0.15, 0.2) is 0 Å². The van der Waals surface area contributed by atoms with Crippen LogP contribution in [0.25, 0.3) is 0 Å². The van der Waals surface area contributed by atoms with E-state index in [4.69, 9.17) is 9.97 Å². The Hall–Kier alpha value is -3.05. The van der Waals surface area contributed by atoms with E-state index in [0.717, 1.165) is 67.4 Å².